The van der Waals surface area contributed by atoms with E-state index in [4.69, 9.17) is 23.5 Å². The van der Waals surface area contributed by atoms with Crippen LogP contribution in [0.25, 0.3) is 22.2 Å². The van der Waals surface area contributed by atoms with Gasteiger partial charge in [0.15, 0.2) is 28.8 Å². The molecule has 2 aromatic heterocycles. The molecule has 0 fully saturated rings. The Balaban J connectivity index is 1.23. The Labute approximate surface area is 168 Å². The van der Waals surface area contributed by atoms with Crippen LogP contribution < -0.4 is 18.9 Å². The van der Waals surface area contributed by atoms with Gasteiger partial charge in [0.25, 0.3) is 5.89 Å². The number of fused-ring (bicyclic) bond motifs is 2. The van der Waals surface area contributed by atoms with Crippen LogP contribution in [0.2, 0.25) is 0 Å². The molecule has 4 heterocycles. The second-order valence-electron chi connectivity index (χ2n) is 6.49. The van der Waals surface area contributed by atoms with E-state index in [0.29, 0.717) is 23.8 Å². The summed E-state index contributed by atoms with van der Waals surface area (Å²) < 4.78 is 27.0. The SMILES string of the molecule is c1cc2c(cc1Cc1noc(-c3csc(-c4ccc5c(c4)OCO5)n3)n1)OCO2. The molecule has 8 nitrogen and oxygen atoms in total. The summed E-state index contributed by atoms with van der Waals surface area (Å²) in [7, 11) is 0. The van der Waals surface area contributed by atoms with Crippen LogP contribution in [0, 0.1) is 0 Å². The van der Waals surface area contributed by atoms with Gasteiger partial charge >= 0.3 is 0 Å². The minimum absolute atomic E-state index is 0.246. The fraction of sp³-hybridized carbons (Fsp3) is 0.150. The van der Waals surface area contributed by atoms with Gasteiger partial charge in [-0.3, -0.25) is 0 Å². The molecule has 0 atom stereocenters. The lowest BCUT2D eigenvalue weighted by atomic mass is 10.1. The number of nitrogens with zero attached hydrogens (tertiary/aromatic N) is 3. The first-order valence-corrected chi connectivity index (χ1v) is 9.77. The van der Waals surface area contributed by atoms with E-state index in [2.05, 4.69) is 15.1 Å². The molecule has 2 aliphatic heterocycles. The van der Waals surface area contributed by atoms with Crippen LogP contribution in [-0.4, -0.2) is 28.7 Å². The highest BCUT2D eigenvalue weighted by Gasteiger charge is 2.18. The second kappa shape index (κ2) is 6.49. The van der Waals surface area contributed by atoms with Crippen molar-refractivity contribution in [1.29, 1.82) is 0 Å². The summed E-state index contributed by atoms with van der Waals surface area (Å²) in [6, 6.07) is 11.5. The lowest BCUT2D eigenvalue weighted by Crippen LogP contribution is -1.93. The number of hydrogen-bond acceptors (Lipinski definition) is 9. The van der Waals surface area contributed by atoms with Gasteiger partial charge in [0, 0.05) is 17.4 Å². The first-order valence-electron chi connectivity index (χ1n) is 8.89. The van der Waals surface area contributed by atoms with Gasteiger partial charge in [0.1, 0.15) is 10.7 Å². The van der Waals surface area contributed by atoms with Crippen LogP contribution in [0.15, 0.2) is 46.3 Å². The molecule has 2 aromatic carbocycles. The molecule has 4 aromatic rings. The third kappa shape index (κ3) is 2.95. The average Bonchev–Trinajstić information content (AvgIpc) is 3.52. The molecule has 144 valence electrons. The molecule has 0 amide bonds. The van der Waals surface area contributed by atoms with Crippen molar-refractivity contribution in [2.45, 2.75) is 6.42 Å². The predicted octanol–water partition coefficient (Wildman–Crippen LogP) is 3.91. The highest BCUT2D eigenvalue weighted by atomic mass is 32.1. The van der Waals surface area contributed by atoms with Gasteiger partial charge in [-0.2, -0.15) is 4.98 Å². The van der Waals surface area contributed by atoms with Crippen LogP contribution in [0.5, 0.6) is 23.0 Å². The van der Waals surface area contributed by atoms with Gasteiger partial charge in [-0.25, -0.2) is 4.98 Å². The number of benzene rings is 2. The quantitative estimate of drug-likeness (QED) is 0.503. The third-order valence-electron chi connectivity index (χ3n) is 4.61. The summed E-state index contributed by atoms with van der Waals surface area (Å²) in [6.07, 6.45) is 0.527. The Kier molecular flexibility index (Phi) is 3.66. The van der Waals surface area contributed by atoms with Gasteiger partial charge in [0.2, 0.25) is 13.6 Å². The molecule has 9 heteroatoms. The van der Waals surface area contributed by atoms with E-state index in [1.54, 1.807) is 0 Å². The van der Waals surface area contributed by atoms with Crippen molar-refractivity contribution >= 4 is 11.3 Å². The predicted molar refractivity (Wildman–Crippen MR) is 102 cm³/mol. The molecule has 0 N–H and O–H groups in total. The third-order valence-corrected chi connectivity index (χ3v) is 5.50. The topological polar surface area (TPSA) is 88.7 Å². The van der Waals surface area contributed by atoms with Crippen LogP contribution >= 0.6 is 11.3 Å². The monoisotopic (exact) mass is 407 g/mol. The summed E-state index contributed by atoms with van der Waals surface area (Å²) in [4.78, 5) is 9.12. The summed E-state index contributed by atoms with van der Waals surface area (Å²) in [5, 5.41) is 6.82. The van der Waals surface area contributed by atoms with Crippen molar-refractivity contribution in [3.05, 3.63) is 53.2 Å². The van der Waals surface area contributed by atoms with E-state index < -0.39 is 0 Å². The second-order valence-corrected chi connectivity index (χ2v) is 7.34. The van der Waals surface area contributed by atoms with E-state index in [1.165, 1.54) is 11.3 Å². The molecule has 6 rings (SSSR count). The maximum absolute atomic E-state index is 5.44. The van der Waals surface area contributed by atoms with Gasteiger partial charge in [-0.05, 0) is 35.9 Å². The maximum Gasteiger partial charge on any atom is 0.277 e. The van der Waals surface area contributed by atoms with Crippen molar-refractivity contribution in [3.8, 4) is 45.2 Å². The van der Waals surface area contributed by atoms with Crippen molar-refractivity contribution < 1.29 is 23.5 Å². The zero-order valence-corrected chi connectivity index (χ0v) is 15.8. The Morgan fingerprint density at radius 2 is 1.59 bits per heavy atom. The van der Waals surface area contributed by atoms with E-state index in [0.717, 1.165) is 39.1 Å². The summed E-state index contributed by atoms with van der Waals surface area (Å²) in [5.41, 5.74) is 2.61. The molecule has 0 bridgehead atoms. The Hall–Kier alpha value is -3.59. The first-order chi connectivity index (χ1) is 14.3. The molecular weight excluding hydrogens is 394 g/mol. The normalized spacial score (nSPS) is 13.8. The van der Waals surface area contributed by atoms with Crippen molar-refractivity contribution in [2.24, 2.45) is 0 Å². The van der Waals surface area contributed by atoms with Gasteiger partial charge in [-0.1, -0.05) is 11.2 Å². The molecule has 29 heavy (non-hydrogen) atoms. The number of ether oxygens (including phenoxy) is 4. The summed E-state index contributed by atoms with van der Waals surface area (Å²) >= 11 is 1.50. The van der Waals surface area contributed by atoms with Crippen molar-refractivity contribution in [1.82, 2.24) is 15.1 Å². The maximum atomic E-state index is 5.44. The van der Waals surface area contributed by atoms with Gasteiger partial charge in [0.05, 0.1) is 0 Å². The highest BCUT2D eigenvalue weighted by molar-refractivity contribution is 7.13. The van der Waals surface area contributed by atoms with Crippen LogP contribution in [0.3, 0.4) is 0 Å². The van der Waals surface area contributed by atoms with Crippen molar-refractivity contribution in [2.75, 3.05) is 13.6 Å². The molecule has 2 aliphatic rings. The fourth-order valence-electron chi connectivity index (χ4n) is 3.20. The number of hydrogen-bond donors (Lipinski definition) is 0. The van der Waals surface area contributed by atoms with Crippen LogP contribution in [-0.2, 0) is 6.42 Å². The first kappa shape index (κ1) is 16.4. The Morgan fingerprint density at radius 3 is 2.45 bits per heavy atom. The van der Waals surface area contributed by atoms with E-state index >= 15 is 0 Å². The fourth-order valence-corrected chi connectivity index (χ4v) is 3.99. The number of rotatable bonds is 4. The summed E-state index contributed by atoms with van der Waals surface area (Å²) in [6.45, 7) is 0.497. The average molecular weight is 407 g/mol. The Bertz CT molecular complexity index is 1220. The molecule has 0 saturated heterocycles. The number of thiazole rings is 1. The van der Waals surface area contributed by atoms with Gasteiger partial charge in [-0.15, -0.1) is 11.3 Å². The Morgan fingerprint density at radius 1 is 0.828 bits per heavy atom. The minimum Gasteiger partial charge on any atom is -0.454 e. The molecule has 0 saturated carbocycles. The van der Waals surface area contributed by atoms with Gasteiger partial charge < -0.3 is 23.5 Å². The lowest BCUT2D eigenvalue weighted by Gasteiger charge is -1.99. The smallest absolute Gasteiger partial charge is 0.277 e. The zero-order valence-electron chi connectivity index (χ0n) is 15.0. The van der Waals surface area contributed by atoms with E-state index in [9.17, 15) is 0 Å². The lowest BCUT2D eigenvalue weighted by molar-refractivity contribution is 0.173. The highest BCUT2D eigenvalue weighted by Crippen LogP contribution is 2.37. The van der Waals surface area contributed by atoms with E-state index in [1.807, 2.05) is 41.8 Å². The summed E-state index contributed by atoms with van der Waals surface area (Å²) in [5.74, 6) is 3.93. The van der Waals surface area contributed by atoms with Crippen LogP contribution in [0.4, 0.5) is 0 Å². The molecule has 0 unspecified atom stereocenters. The van der Waals surface area contributed by atoms with Crippen LogP contribution in [0.1, 0.15) is 11.4 Å². The molecular formula is C20H13N3O5S. The standard InChI is InChI=1S/C20H13N3O5S/c1-3-14-16(26-9-24-14)5-11(1)6-18-22-19(28-23-18)13-8-29-20(21-13)12-2-4-15-17(7-12)27-10-25-15/h1-5,7-8H,6,9-10H2. The minimum atomic E-state index is 0.246. The van der Waals surface area contributed by atoms with E-state index in [-0.39, 0.29) is 13.6 Å². The number of aromatic nitrogens is 3. The molecule has 0 aliphatic carbocycles. The molecule has 0 spiro atoms. The zero-order chi connectivity index (χ0) is 19.2. The van der Waals surface area contributed by atoms with Crippen molar-refractivity contribution in [3.63, 3.8) is 0 Å². The largest absolute Gasteiger partial charge is 0.454 e. The molecule has 0 radical (unpaired) electrons.